The van der Waals surface area contributed by atoms with Gasteiger partial charge >= 0.3 is 6.09 Å². The molecule has 2 saturated heterocycles. The molecule has 0 radical (unpaired) electrons. The molecule has 9 nitrogen and oxygen atoms in total. The molecule has 4 rings (SSSR count). The minimum Gasteiger partial charge on any atom is -0.493 e. The molecule has 1 aromatic heterocycles. The Hall–Kier alpha value is -2.72. The zero-order valence-electron chi connectivity index (χ0n) is 22.6. The highest BCUT2D eigenvalue weighted by Gasteiger charge is 2.27. The summed E-state index contributed by atoms with van der Waals surface area (Å²) in [5, 5.41) is -0.0992. The lowest BCUT2D eigenvalue weighted by Gasteiger charge is -2.33. The van der Waals surface area contributed by atoms with Gasteiger partial charge in [-0.05, 0) is 52.4 Å². The SMILES string of the molecule is CC.CC(C)(C)OC(=O)N1CCC(OCc2nc3cc(OCC4CCOCC4)cc(F)c3c(=O)[nH]2)CC1. The summed E-state index contributed by atoms with van der Waals surface area (Å²) >= 11 is 0. The van der Waals surface area contributed by atoms with Crippen LogP contribution in [0.5, 0.6) is 5.75 Å². The molecule has 37 heavy (non-hydrogen) atoms. The first kappa shape index (κ1) is 28.8. The average molecular weight is 522 g/mol. The molecule has 0 atom stereocenters. The van der Waals surface area contributed by atoms with Crippen molar-refractivity contribution in [2.24, 2.45) is 5.92 Å². The van der Waals surface area contributed by atoms with Gasteiger partial charge in [0.2, 0.25) is 0 Å². The van der Waals surface area contributed by atoms with E-state index in [1.165, 1.54) is 6.07 Å². The van der Waals surface area contributed by atoms with Gasteiger partial charge in [-0.3, -0.25) is 4.79 Å². The number of benzene rings is 1. The van der Waals surface area contributed by atoms with Crippen LogP contribution in [0.2, 0.25) is 0 Å². The Morgan fingerprint density at radius 1 is 1.16 bits per heavy atom. The molecule has 2 aromatic rings. The molecule has 1 N–H and O–H groups in total. The van der Waals surface area contributed by atoms with Crippen LogP contribution in [0.1, 0.15) is 66.1 Å². The molecule has 1 amide bonds. The summed E-state index contributed by atoms with van der Waals surface area (Å²) in [4.78, 5) is 33.4. The summed E-state index contributed by atoms with van der Waals surface area (Å²) in [5.74, 6) is 0.361. The first-order valence-electron chi connectivity index (χ1n) is 13.2. The largest absolute Gasteiger partial charge is 0.493 e. The van der Waals surface area contributed by atoms with Crippen LogP contribution in [0.15, 0.2) is 16.9 Å². The minimum absolute atomic E-state index is 0.0804. The van der Waals surface area contributed by atoms with Crippen LogP contribution in [-0.4, -0.2) is 65.6 Å². The molecule has 0 unspecified atom stereocenters. The van der Waals surface area contributed by atoms with E-state index in [4.69, 9.17) is 18.9 Å². The Bertz CT molecular complexity index is 1090. The fourth-order valence-electron chi connectivity index (χ4n) is 4.25. The summed E-state index contributed by atoms with van der Waals surface area (Å²) in [5.41, 5.74) is -0.858. The van der Waals surface area contributed by atoms with Crippen molar-refractivity contribution in [2.75, 3.05) is 32.9 Å². The van der Waals surface area contributed by atoms with E-state index in [-0.39, 0.29) is 29.7 Å². The number of hydrogen-bond acceptors (Lipinski definition) is 7. The van der Waals surface area contributed by atoms with Gasteiger partial charge in [-0.15, -0.1) is 0 Å². The lowest BCUT2D eigenvalue weighted by Crippen LogP contribution is -2.43. The van der Waals surface area contributed by atoms with E-state index in [0.717, 1.165) is 12.8 Å². The summed E-state index contributed by atoms with van der Waals surface area (Å²) < 4.78 is 37.2. The van der Waals surface area contributed by atoms with Gasteiger partial charge in [0.25, 0.3) is 5.56 Å². The summed E-state index contributed by atoms with van der Waals surface area (Å²) in [7, 11) is 0. The van der Waals surface area contributed by atoms with E-state index in [9.17, 15) is 14.0 Å². The van der Waals surface area contributed by atoms with Crippen LogP contribution in [0, 0.1) is 11.7 Å². The smallest absolute Gasteiger partial charge is 0.410 e. The molecular weight excluding hydrogens is 481 g/mol. The number of amides is 1. The predicted octanol–water partition coefficient (Wildman–Crippen LogP) is 4.81. The third-order valence-electron chi connectivity index (χ3n) is 6.16. The molecule has 2 fully saturated rings. The maximum atomic E-state index is 14.7. The number of ether oxygens (including phenoxy) is 4. The topological polar surface area (TPSA) is 103 Å². The molecule has 2 aliphatic rings. The lowest BCUT2D eigenvalue weighted by molar-refractivity contribution is -0.0186. The first-order valence-corrected chi connectivity index (χ1v) is 13.2. The zero-order chi connectivity index (χ0) is 27.0. The average Bonchev–Trinajstić information content (AvgIpc) is 2.87. The molecular formula is C27H40FN3O6. The number of aromatic amines is 1. The third kappa shape index (κ3) is 8.39. The fourth-order valence-corrected chi connectivity index (χ4v) is 4.25. The van der Waals surface area contributed by atoms with Crippen LogP contribution in [0.3, 0.4) is 0 Å². The van der Waals surface area contributed by atoms with Gasteiger partial charge in [-0.2, -0.15) is 0 Å². The third-order valence-corrected chi connectivity index (χ3v) is 6.16. The van der Waals surface area contributed by atoms with Crippen molar-refractivity contribution in [3.8, 4) is 5.75 Å². The van der Waals surface area contributed by atoms with Gasteiger partial charge in [-0.25, -0.2) is 14.2 Å². The number of carbonyl (C=O) groups excluding carboxylic acids is 1. The quantitative estimate of drug-likeness (QED) is 0.582. The molecule has 3 heterocycles. The van der Waals surface area contributed by atoms with Crippen molar-refractivity contribution in [2.45, 2.75) is 78.6 Å². The number of likely N-dealkylation sites (tertiary alicyclic amines) is 1. The lowest BCUT2D eigenvalue weighted by atomic mass is 10.0. The molecule has 0 bridgehead atoms. The standard InChI is InChI=1S/C25H34FN3O6.C2H6/c1-25(2,3)35-24(31)29-8-4-17(5-9-29)34-15-21-27-20-13-18(12-19(26)22(20)23(30)28-21)33-14-16-6-10-32-11-7-16;1-2/h12-13,16-17H,4-11,14-15H2,1-3H3,(H,27,28,30);1-2H3. The molecule has 206 valence electrons. The minimum atomic E-state index is -0.666. The Morgan fingerprint density at radius 3 is 2.49 bits per heavy atom. The van der Waals surface area contributed by atoms with Gasteiger partial charge < -0.3 is 28.8 Å². The van der Waals surface area contributed by atoms with E-state index >= 15 is 0 Å². The molecule has 1 aromatic carbocycles. The second-order valence-electron chi connectivity index (χ2n) is 10.2. The van der Waals surface area contributed by atoms with Gasteiger partial charge in [0, 0.05) is 38.4 Å². The van der Waals surface area contributed by atoms with Crippen LogP contribution in [-0.2, 0) is 20.8 Å². The van der Waals surface area contributed by atoms with Crippen LogP contribution in [0.25, 0.3) is 10.9 Å². The van der Waals surface area contributed by atoms with Gasteiger partial charge in [0.15, 0.2) is 0 Å². The fraction of sp³-hybridized carbons (Fsp3) is 0.667. The Labute approximate surface area is 217 Å². The number of aromatic nitrogens is 2. The Balaban J connectivity index is 0.00000186. The number of fused-ring (bicyclic) bond motifs is 1. The number of hydrogen-bond donors (Lipinski definition) is 1. The highest BCUT2D eigenvalue weighted by atomic mass is 19.1. The zero-order valence-corrected chi connectivity index (χ0v) is 22.6. The second kappa shape index (κ2) is 13.2. The van der Waals surface area contributed by atoms with Crippen molar-refractivity contribution >= 4 is 17.0 Å². The maximum Gasteiger partial charge on any atom is 0.410 e. The van der Waals surface area contributed by atoms with E-state index in [1.54, 1.807) is 11.0 Å². The summed E-state index contributed by atoms with van der Waals surface area (Å²) in [6, 6.07) is 2.82. The van der Waals surface area contributed by atoms with Crippen molar-refractivity contribution in [3.63, 3.8) is 0 Å². The van der Waals surface area contributed by atoms with Gasteiger partial charge in [-0.1, -0.05) is 13.8 Å². The molecule has 0 spiro atoms. The van der Waals surface area contributed by atoms with Gasteiger partial charge in [0.05, 0.1) is 18.2 Å². The number of H-pyrrole nitrogens is 1. The van der Waals surface area contributed by atoms with E-state index < -0.39 is 17.0 Å². The number of rotatable bonds is 6. The Kier molecular flexibility index (Phi) is 10.3. The summed E-state index contributed by atoms with van der Waals surface area (Å²) in [6.07, 6.45) is 2.71. The van der Waals surface area contributed by atoms with Crippen molar-refractivity contribution in [1.82, 2.24) is 14.9 Å². The number of carbonyl (C=O) groups is 1. The van der Waals surface area contributed by atoms with Crippen molar-refractivity contribution in [1.29, 1.82) is 0 Å². The highest BCUT2D eigenvalue weighted by molar-refractivity contribution is 5.79. The number of halogens is 1. The van der Waals surface area contributed by atoms with Crippen molar-refractivity contribution < 1.29 is 28.1 Å². The molecule has 2 aliphatic heterocycles. The molecule has 0 aliphatic carbocycles. The van der Waals surface area contributed by atoms with Crippen molar-refractivity contribution in [3.05, 3.63) is 34.1 Å². The second-order valence-corrected chi connectivity index (χ2v) is 10.2. The van der Waals surface area contributed by atoms with Gasteiger partial charge in [0.1, 0.15) is 35.0 Å². The first-order chi connectivity index (χ1) is 17.7. The Morgan fingerprint density at radius 2 is 1.84 bits per heavy atom. The van der Waals surface area contributed by atoms with E-state index in [0.29, 0.717) is 63.2 Å². The molecule has 10 heteroatoms. The monoisotopic (exact) mass is 521 g/mol. The maximum absolute atomic E-state index is 14.7. The van der Waals surface area contributed by atoms with Crippen LogP contribution < -0.4 is 10.3 Å². The number of nitrogens with zero attached hydrogens (tertiary/aromatic N) is 2. The predicted molar refractivity (Wildman–Crippen MR) is 138 cm³/mol. The normalized spacial score (nSPS) is 17.3. The van der Waals surface area contributed by atoms with Crippen LogP contribution >= 0.6 is 0 Å². The van der Waals surface area contributed by atoms with E-state index in [2.05, 4.69) is 9.97 Å². The summed E-state index contributed by atoms with van der Waals surface area (Å²) in [6.45, 7) is 12.5. The van der Waals surface area contributed by atoms with Crippen LogP contribution in [0.4, 0.5) is 9.18 Å². The van der Waals surface area contributed by atoms with E-state index in [1.807, 2.05) is 34.6 Å². The molecule has 0 saturated carbocycles. The number of nitrogens with one attached hydrogen (secondary N) is 1. The highest BCUT2D eigenvalue weighted by Crippen LogP contribution is 2.24. The number of piperidine rings is 1.